The van der Waals surface area contributed by atoms with Gasteiger partial charge in [0.1, 0.15) is 0 Å². The molecule has 0 atom stereocenters. The first-order valence-corrected chi connectivity index (χ1v) is 7.57. The first-order valence-electron chi connectivity index (χ1n) is 7.57. The van der Waals surface area contributed by atoms with E-state index < -0.39 is 16.0 Å². The molecule has 2 N–H and O–H groups in total. The molecule has 2 rings (SSSR count). The number of nitrogens with one attached hydrogen (secondary N) is 1. The minimum atomic E-state index is -0.496. The molecule has 0 aliphatic carbocycles. The maximum Gasteiger partial charge on any atom is 0.269 e. The summed E-state index contributed by atoms with van der Waals surface area (Å²) in [4.78, 5) is 22.5. The van der Waals surface area contributed by atoms with Crippen LogP contribution in [-0.4, -0.2) is 38.2 Å². The zero-order valence-electron chi connectivity index (χ0n) is 13.9. The molecule has 1 saturated heterocycles. The van der Waals surface area contributed by atoms with Crippen molar-refractivity contribution >= 4 is 11.6 Å². The summed E-state index contributed by atoms with van der Waals surface area (Å²) in [6.45, 7) is 7.72. The highest BCUT2D eigenvalue weighted by Gasteiger charge is 2.45. The van der Waals surface area contributed by atoms with Crippen LogP contribution in [-0.2, 0) is 0 Å². The Hall–Kier alpha value is -1.99. The van der Waals surface area contributed by atoms with Crippen LogP contribution in [0.5, 0.6) is 0 Å². The summed E-state index contributed by atoms with van der Waals surface area (Å²) in [5.41, 5.74) is -0.556. The van der Waals surface area contributed by atoms with Crippen molar-refractivity contribution < 1.29 is 14.9 Å². The fourth-order valence-corrected chi connectivity index (χ4v) is 3.38. The third-order valence-electron chi connectivity index (χ3n) is 4.31. The van der Waals surface area contributed by atoms with Gasteiger partial charge in [0.05, 0.1) is 4.92 Å². The molecule has 1 amide bonds. The number of hydrogen-bond acceptors (Lipinski definition) is 5. The van der Waals surface area contributed by atoms with E-state index in [1.165, 1.54) is 29.3 Å². The monoisotopic (exact) mass is 321 g/mol. The summed E-state index contributed by atoms with van der Waals surface area (Å²) in [5, 5.41) is 25.2. The van der Waals surface area contributed by atoms with Crippen molar-refractivity contribution in [2.24, 2.45) is 0 Å². The Balaban J connectivity index is 2.09. The molecular weight excluding hydrogens is 298 g/mol. The van der Waals surface area contributed by atoms with Crippen LogP contribution in [0.2, 0.25) is 0 Å². The van der Waals surface area contributed by atoms with Gasteiger partial charge in [-0.1, -0.05) is 0 Å². The van der Waals surface area contributed by atoms with E-state index >= 15 is 0 Å². The molecule has 0 unspecified atom stereocenters. The average molecular weight is 321 g/mol. The van der Waals surface area contributed by atoms with Gasteiger partial charge in [-0.15, -0.1) is 0 Å². The standard InChI is InChI=1S/C16H23N3O4/c1-15(2)9-12(10-16(3,4)19(15)23)17-14(20)11-5-7-13(8-6-11)18(21)22/h5-8,12,23H,9-10H2,1-4H3,(H,17,20). The smallest absolute Gasteiger partial charge is 0.269 e. The Kier molecular flexibility index (Phi) is 4.45. The Labute approximate surface area is 135 Å². The van der Waals surface area contributed by atoms with E-state index in [4.69, 9.17) is 0 Å². The van der Waals surface area contributed by atoms with E-state index in [2.05, 4.69) is 5.32 Å². The molecule has 0 radical (unpaired) electrons. The van der Waals surface area contributed by atoms with Crippen LogP contribution >= 0.6 is 0 Å². The van der Waals surface area contributed by atoms with Crippen molar-refractivity contribution in [3.63, 3.8) is 0 Å². The summed E-state index contributed by atoms with van der Waals surface area (Å²) in [5.74, 6) is -0.261. The topological polar surface area (TPSA) is 95.7 Å². The van der Waals surface area contributed by atoms with Gasteiger partial charge in [-0.3, -0.25) is 14.9 Å². The van der Waals surface area contributed by atoms with Crippen molar-refractivity contribution in [2.75, 3.05) is 0 Å². The zero-order chi connectivity index (χ0) is 17.4. The van der Waals surface area contributed by atoms with Crippen molar-refractivity contribution in [3.05, 3.63) is 39.9 Å². The summed E-state index contributed by atoms with van der Waals surface area (Å²) >= 11 is 0. The number of non-ortho nitro benzene ring substituents is 1. The second-order valence-electron chi connectivity index (χ2n) is 7.32. The molecule has 23 heavy (non-hydrogen) atoms. The predicted octanol–water partition coefficient (Wildman–Crippen LogP) is 2.74. The van der Waals surface area contributed by atoms with Crippen LogP contribution in [0.15, 0.2) is 24.3 Å². The molecule has 1 aliphatic rings. The molecule has 1 heterocycles. The molecule has 1 aromatic rings. The average Bonchev–Trinajstić information content (AvgIpc) is 2.44. The number of nitro groups is 1. The number of nitro benzene ring substituents is 1. The van der Waals surface area contributed by atoms with Crippen molar-refractivity contribution in [2.45, 2.75) is 57.7 Å². The third-order valence-corrected chi connectivity index (χ3v) is 4.31. The van der Waals surface area contributed by atoms with E-state index in [-0.39, 0.29) is 17.6 Å². The molecule has 7 heteroatoms. The number of nitrogens with zero attached hydrogens (tertiary/aromatic N) is 2. The van der Waals surface area contributed by atoms with Crippen LogP contribution < -0.4 is 5.32 Å². The van der Waals surface area contributed by atoms with Crippen molar-refractivity contribution in [3.8, 4) is 0 Å². The van der Waals surface area contributed by atoms with Crippen LogP contribution in [0.1, 0.15) is 50.9 Å². The highest BCUT2D eigenvalue weighted by Crippen LogP contribution is 2.36. The maximum atomic E-state index is 12.3. The van der Waals surface area contributed by atoms with Gasteiger partial charge in [0.15, 0.2) is 0 Å². The number of rotatable bonds is 3. The third kappa shape index (κ3) is 3.68. The summed E-state index contributed by atoms with van der Waals surface area (Å²) < 4.78 is 0. The second kappa shape index (κ2) is 5.90. The number of benzene rings is 1. The van der Waals surface area contributed by atoms with Crippen molar-refractivity contribution in [1.29, 1.82) is 0 Å². The number of hydroxylamine groups is 2. The number of carbonyl (C=O) groups is 1. The lowest BCUT2D eigenvalue weighted by atomic mass is 9.79. The first kappa shape index (κ1) is 17.4. The number of amides is 1. The summed E-state index contributed by atoms with van der Waals surface area (Å²) in [6, 6.07) is 5.46. The lowest BCUT2D eigenvalue weighted by Gasteiger charge is -2.51. The largest absolute Gasteiger partial charge is 0.349 e. The lowest BCUT2D eigenvalue weighted by molar-refractivity contribution is -0.384. The number of piperidine rings is 1. The molecule has 0 spiro atoms. The molecular formula is C16H23N3O4. The van der Waals surface area contributed by atoms with E-state index in [0.717, 1.165) is 0 Å². The molecule has 0 aromatic heterocycles. The molecule has 7 nitrogen and oxygen atoms in total. The van der Waals surface area contributed by atoms with E-state index in [1.807, 2.05) is 27.7 Å². The van der Waals surface area contributed by atoms with Gasteiger partial charge in [-0.05, 0) is 52.7 Å². The maximum absolute atomic E-state index is 12.3. The minimum Gasteiger partial charge on any atom is -0.349 e. The predicted molar refractivity (Wildman–Crippen MR) is 85.4 cm³/mol. The summed E-state index contributed by atoms with van der Waals surface area (Å²) in [7, 11) is 0. The van der Waals surface area contributed by atoms with Gasteiger partial charge in [0.2, 0.25) is 0 Å². The van der Waals surface area contributed by atoms with Gasteiger partial charge in [-0.2, -0.15) is 5.06 Å². The van der Waals surface area contributed by atoms with Gasteiger partial charge >= 0.3 is 0 Å². The Morgan fingerprint density at radius 2 is 1.70 bits per heavy atom. The molecule has 1 fully saturated rings. The highest BCUT2D eigenvalue weighted by atomic mass is 16.6. The fraction of sp³-hybridized carbons (Fsp3) is 0.562. The van der Waals surface area contributed by atoms with Gasteiger partial charge in [0, 0.05) is 34.8 Å². The van der Waals surface area contributed by atoms with E-state index in [9.17, 15) is 20.1 Å². The normalized spacial score (nSPS) is 20.9. The van der Waals surface area contributed by atoms with Crippen LogP contribution in [0.25, 0.3) is 0 Å². The number of hydrogen-bond donors (Lipinski definition) is 2. The first-order chi connectivity index (χ1) is 10.5. The summed E-state index contributed by atoms with van der Waals surface area (Å²) in [6.07, 6.45) is 1.23. The van der Waals surface area contributed by atoms with Crippen LogP contribution in [0, 0.1) is 10.1 Å². The van der Waals surface area contributed by atoms with Crippen molar-refractivity contribution in [1.82, 2.24) is 10.4 Å². The molecule has 1 aromatic carbocycles. The van der Waals surface area contributed by atoms with E-state index in [1.54, 1.807) is 0 Å². The Morgan fingerprint density at radius 3 is 2.13 bits per heavy atom. The van der Waals surface area contributed by atoms with Crippen LogP contribution in [0.4, 0.5) is 5.69 Å². The Morgan fingerprint density at radius 1 is 1.22 bits per heavy atom. The number of carbonyl (C=O) groups excluding carboxylic acids is 1. The highest BCUT2D eigenvalue weighted by molar-refractivity contribution is 5.94. The zero-order valence-corrected chi connectivity index (χ0v) is 13.9. The lowest BCUT2D eigenvalue weighted by Crippen LogP contribution is -2.62. The minimum absolute atomic E-state index is 0.0441. The molecule has 1 aliphatic heterocycles. The molecule has 0 bridgehead atoms. The van der Waals surface area contributed by atoms with Gasteiger partial charge in [0.25, 0.3) is 11.6 Å². The van der Waals surface area contributed by atoms with Crippen LogP contribution in [0.3, 0.4) is 0 Å². The quantitative estimate of drug-likeness (QED) is 0.659. The van der Waals surface area contributed by atoms with Gasteiger partial charge in [-0.25, -0.2) is 0 Å². The fourth-order valence-electron chi connectivity index (χ4n) is 3.38. The molecule has 126 valence electrons. The molecule has 0 saturated carbocycles. The van der Waals surface area contributed by atoms with Gasteiger partial charge < -0.3 is 10.5 Å². The second-order valence-corrected chi connectivity index (χ2v) is 7.32. The van der Waals surface area contributed by atoms with E-state index in [0.29, 0.717) is 18.4 Å². The Bertz CT molecular complexity index is 592. The SMILES string of the molecule is CC1(C)CC(NC(=O)c2ccc([N+](=O)[O-])cc2)CC(C)(C)N1O.